The Hall–Kier alpha value is -1.99. The van der Waals surface area contributed by atoms with E-state index in [0.29, 0.717) is 24.4 Å². The van der Waals surface area contributed by atoms with Gasteiger partial charge in [0.15, 0.2) is 9.84 Å². The van der Waals surface area contributed by atoms with E-state index in [1.807, 2.05) is 30.5 Å². The van der Waals surface area contributed by atoms with Crippen molar-refractivity contribution in [2.24, 2.45) is 0 Å². The minimum absolute atomic E-state index is 0.0111. The molecular weight excluding hydrogens is 368 g/mol. The highest BCUT2D eigenvalue weighted by Crippen LogP contribution is 2.15. The predicted octanol–water partition coefficient (Wildman–Crippen LogP) is 3.41. The second kappa shape index (κ2) is 9.64. The first-order valence-electron chi connectivity index (χ1n) is 8.32. The number of nitrogens with zero attached hydrogens (tertiary/aromatic N) is 1. The van der Waals surface area contributed by atoms with Gasteiger partial charge in [-0.05, 0) is 42.5 Å². The van der Waals surface area contributed by atoms with Gasteiger partial charge in [0.1, 0.15) is 0 Å². The number of rotatable bonds is 8. The van der Waals surface area contributed by atoms with Gasteiger partial charge in [-0.1, -0.05) is 30.3 Å². The Morgan fingerprint density at radius 1 is 1.08 bits per heavy atom. The molecule has 1 N–H and O–H groups in total. The van der Waals surface area contributed by atoms with Gasteiger partial charge in [0, 0.05) is 25.0 Å². The van der Waals surface area contributed by atoms with Crippen molar-refractivity contribution in [1.82, 2.24) is 10.2 Å². The molecule has 2 amide bonds. The molecule has 2 aromatic rings. The molecule has 0 atom stereocenters. The van der Waals surface area contributed by atoms with Gasteiger partial charge in [0.2, 0.25) is 0 Å². The Kier molecular flexibility index (Phi) is 7.53. The number of amides is 2. The van der Waals surface area contributed by atoms with Gasteiger partial charge < -0.3 is 10.2 Å². The van der Waals surface area contributed by atoms with E-state index in [2.05, 4.69) is 5.32 Å². The maximum atomic E-state index is 12.2. The summed E-state index contributed by atoms with van der Waals surface area (Å²) in [4.78, 5) is 15.2. The lowest BCUT2D eigenvalue weighted by Crippen LogP contribution is -2.37. The smallest absolute Gasteiger partial charge is 0.317 e. The molecule has 0 spiro atoms. The van der Waals surface area contributed by atoms with E-state index >= 15 is 0 Å². The van der Waals surface area contributed by atoms with Gasteiger partial charge in [-0.2, -0.15) is 0 Å². The Bertz CT molecular complexity index is 806. The molecular formula is C19H24N2O3S2. The first-order valence-corrected chi connectivity index (χ1v) is 11.2. The third-order valence-corrected chi connectivity index (χ3v) is 6.45. The molecule has 5 nitrogen and oxygen atoms in total. The molecule has 0 bridgehead atoms. The van der Waals surface area contributed by atoms with E-state index in [1.54, 1.807) is 54.0 Å². The topological polar surface area (TPSA) is 66.5 Å². The molecule has 2 aromatic carbocycles. The Morgan fingerprint density at radius 3 is 2.35 bits per heavy atom. The van der Waals surface area contributed by atoms with Gasteiger partial charge >= 0.3 is 6.03 Å². The summed E-state index contributed by atoms with van der Waals surface area (Å²) in [5, 5.41) is 2.77. The first-order chi connectivity index (χ1) is 12.4. The molecule has 0 saturated heterocycles. The Labute approximate surface area is 159 Å². The zero-order valence-electron chi connectivity index (χ0n) is 15.0. The van der Waals surface area contributed by atoms with Crippen molar-refractivity contribution in [1.29, 1.82) is 0 Å². The van der Waals surface area contributed by atoms with Crippen molar-refractivity contribution in [3.05, 3.63) is 60.2 Å². The van der Waals surface area contributed by atoms with Crippen molar-refractivity contribution >= 4 is 27.6 Å². The predicted molar refractivity (Wildman–Crippen MR) is 106 cm³/mol. The van der Waals surface area contributed by atoms with Crippen LogP contribution in [0.15, 0.2) is 64.4 Å². The zero-order chi connectivity index (χ0) is 19.0. The SMILES string of the molecule is CSc1ccc(CN(C)C(=O)NCCCS(=O)(=O)c2ccccc2)cc1. The standard InChI is InChI=1S/C19H24N2O3S2/c1-21(15-16-9-11-17(25-2)12-10-16)19(22)20-13-6-14-26(23,24)18-7-4-3-5-8-18/h3-5,7-12H,6,13-15H2,1-2H3,(H,20,22). The van der Waals surface area contributed by atoms with Crippen LogP contribution in [0.1, 0.15) is 12.0 Å². The summed E-state index contributed by atoms with van der Waals surface area (Å²) < 4.78 is 24.4. The van der Waals surface area contributed by atoms with Crippen LogP contribution >= 0.6 is 11.8 Å². The second-order valence-corrected chi connectivity index (χ2v) is 8.91. The van der Waals surface area contributed by atoms with Crippen LogP contribution < -0.4 is 5.32 Å². The summed E-state index contributed by atoms with van der Waals surface area (Å²) in [7, 11) is -1.58. The highest BCUT2D eigenvalue weighted by molar-refractivity contribution is 7.98. The lowest BCUT2D eigenvalue weighted by molar-refractivity contribution is 0.207. The summed E-state index contributed by atoms with van der Waals surface area (Å²) in [6, 6.07) is 16.2. The van der Waals surface area contributed by atoms with Crippen molar-refractivity contribution < 1.29 is 13.2 Å². The Morgan fingerprint density at radius 2 is 1.73 bits per heavy atom. The van der Waals surface area contributed by atoms with Crippen LogP contribution in [0.4, 0.5) is 4.79 Å². The number of hydrogen-bond donors (Lipinski definition) is 1. The number of urea groups is 1. The van der Waals surface area contributed by atoms with Crippen LogP contribution in [0.25, 0.3) is 0 Å². The maximum absolute atomic E-state index is 12.2. The normalized spacial score (nSPS) is 11.2. The average Bonchev–Trinajstić information content (AvgIpc) is 2.66. The molecule has 0 unspecified atom stereocenters. The highest BCUT2D eigenvalue weighted by Gasteiger charge is 2.14. The number of thioether (sulfide) groups is 1. The zero-order valence-corrected chi connectivity index (χ0v) is 16.6. The average molecular weight is 393 g/mol. The van der Waals surface area contributed by atoms with Crippen LogP contribution in [-0.2, 0) is 16.4 Å². The molecule has 0 saturated carbocycles. The fourth-order valence-electron chi connectivity index (χ4n) is 2.41. The molecule has 7 heteroatoms. The van der Waals surface area contributed by atoms with Crippen LogP contribution in [0.2, 0.25) is 0 Å². The minimum Gasteiger partial charge on any atom is -0.338 e. The van der Waals surface area contributed by atoms with Crippen molar-refractivity contribution in [2.45, 2.75) is 22.8 Å². The third kappa shape index (κ3) is 6.07. The second-order valence-electron chi connectivity index (χ2n) is 5.92. The molecule has 0 heterocycles. The summed E-state index contributed by atoms with van der Waals surface area (Å²) in [5.41, 5.74) is 1.05. The van der Waals surface area contributed by atoms with E-state index in [1.165, 1.54) is 4.90 Å². The van der Waals surface area contributed by atoms with Crippen LogP contribution in [0, 0.1) is 0 Å². The number of benzene rings is 2. The Balaban J connectivity index is 1.75. The minimum atomic E-state index is -3.30. The summed E-state index contributed by atoms with van der Waals surface area (Å²) in [6.45, 7) is 0.823. The molecule has 2 rings (SSSR count). The van der Waals surface area contributed by atoms with Gasteiger partial charge in [-0.25, -0.2) is 13.2 Å². The van der Waals surface area contributed by atoms with E-state index in [0.717, 1.165) is 5.56 Å². The number of nitrogens with one attached hydrogen (secondary N) is 1. The largest absolute Gasteiger partial charge is 0.338 e. The maximum Gasteiger partial charge on any atom is 0.317 e. The molecule has 26 heavy (non-hydrogen) atoms. The molecule has 0 aliphatic carbocycles. The van der Waals surface area contributed by atoms with Crippen LogP contribution in [0.3, 0.4) is 0 Å². The van der Waals surface area contributed by atoms with Gasteiger partial charge in [0.25, 0.3) is 0 Å². The number of carbonyl (C=O) groups is 1. The molecule has 0 radical (unpaired) electrons. The van der Waals surface area contributed by atoms with E-state index in [4.69, 9.17) is 0 Å². The summed E-state index contributed by atoms with van der Waals surface area (Å²) in [6.07, 6.45) is 2.39. The first kappa shape index (κ1) is 20.3. The third-order valence-electron chi connectivity index (χ3n) is 3.89. The quantitative estimate of drug-likeness (QED) is 0.552. The molecule has 0 aliphatic rings. The lowest BCUT2D eigenvalue weighted by Gasteiger charge is -2.18. The van der Waals surface area contributed by atoms with Crippen molar-refractivity contribution in [3.8, 4) is 0 Å². The number of sulfone groups is 1. The van der Waals surface area contributed by atoms with E-state index in [9.17, 15) is 13.2 Å². The fraction of sp³-hybridized carbons (Fsp3) is 0.316. The molecule has 0 aromatic heterocycles. The van der Waals surface area contributed by atoms with Crippen molar-refractivity contribution in [3.63, 3.8) is 0 Å². The van der Waals surface area contributed by atoms with Gasteiger partial charge in [-0.15, -0.1) is 11.8 Å². The highest BCUT2D eigenvalue weighted by atomic mass is 32.2. The van der Waals surface area contributed by atoms with E-state index < -0.39 is 9.84 Å². The summed E-state index contributed by atoms with van der Waals surface area (Å²) in [5.74, 6) is 0.0111. The number of hydrogen-bond acceptors (Lipinski definition) is 4. The van der Waals surface area contributed by atoms with Gasteiger partial charge in [-0.3, -0.25) is 0 Å². The van der Waals surface area contributed by atoms with E-state index in [-0.39, 0.29) is 11.8 Å². The molecule has 0 fully saturated rings. The summed E-state index contributed by atoms with van der Waals surface area (Å²) >= 11 is 1.67. The lowest BCUT2D eigenvalue weighted by atomic mass is 10.2. The van der Waals surface area contributed by atoms with Gasteiger partial charge in [0.05, 0.1) is 10.6 Å². The van der Waals surface area contributed by atoms with Crippen LogP contribution in [0.5, 0.6) is 0 Å². The van der Waals surface area contributed by atoms with Crippen molar-refractivity contribution in [2.75, 3.05) is 25.6 Å². The number of carbonyl (C=O) groups excluding carboxylic acids is 1. The fourth-order valence-corrected chi connectivity index (χ4v) is 4.15. The monoisotopic (exact) mass is 392 g/mol. The molecule has 0 aliphatic heterocycles. The molecule has 140 valence electrons. The van der Waals surface area contributed by atoms with Crippen LogP contribution in [-0.4, -0.2) is 44.9 Å².